The van der Waals surface area contributed by atoms with E-state index in [0.29, 0.717) is 0 Å². The van der Waals surface area contributed by atoms with E-state index in [9.17, 15) is 18.0 Å². The van der Waals surface area contributed by atoms with Crippen LogP contribution in [0.1, 0.15) is 12.8 Å². The molecule has 0 radical (unpaired) electrons. The zero-order valence-corrected chi connectivity index (χ0v) is 7.62. The number of primary amides is 1. The van der Waals surface area contributed by atoms with E-state index in [4.69, 9.17) is 15.6 Å². The van der Waals surface area contributed by atoms with E-state index < -0.39 is 12.1 Å². The van der Waals surface area contributed by atoms with Crippen molar-refractivity contribution in [2.45, 2.75) is 19.0 Å². The van der Waals surface area contributed by atoms with Crippen LogP contribution in [0.15, 0.2) is 12.2 Å². The summed E-state index contributed by atoms with van der Waals surface area (Å²) in [7, 11) is 0. The molecular formula is C8H10F3NO3. The molecule has 1 aliphatic rings. The Kier molecular flexibility index (Phi) is 4.83. The summed E-state index contributed by atoms with van der Waals surface area (Å²) in [5.41, 5.74) is 5.01. The largest absolute Gasteiger partial charge is 0.490 e. The first-order chi connectivity index (χ1) is 6.75. The number of nitrogens with two attached hydrogens (primary N) is 1. The van der Waals surface area contributed by atoms with Gasteiger partial charge in [0.25, 0.3) is 0 Å². The van der Waals surface area contributed by atoms with Crippen LogP contribution >= 0.6 is 0 Å². The first-order valence-corrected chi connectivity index (χ1v) is 4.01. The van der Waals surface area contributed by atoms with E-state index in [0.717, 1.165) is 12.8 Å². The molecule has 1 atom stereocenters. The maximum absolute atomic E-state index is 10.6. The molecule has 1 rings (SSSR count). The number of carbonyl (C=O) groups excluding carboxylic acids is 1. The molecule has 15 heavy (non-hydrogen) atoms. The normalized spacial score (nSPS) is 19.3. The Labute approximate surface area is 83.6 Å². The average Bonchev–Trinajstić information content (AvgIpc) is 2.54. The van der Waals surface area contributed by atoms with Gasteiger partial charge in [-0.3, -0.25) is 4.79 Å². The Balaban J connectivity index is 0.000000265. The Morgan fingerprint density at radius 2 is 1.87 bits per heavy atom. The van der Waals surface area contributed by atoms with Crippen LogP contribution in [0.25, 0.3) is 0 Å². The number of rotatable bonds is 1. The third kappa shape index (κ3) is 5.71. The molecule has 1 unspecified atom stereocenters. The van der Waals surface area contributed by atoms with Crippen LogP contribution in [0, 0.1) is 5.92 Å². The quantitative estimate of drug-likeness (QED) is 0.655. The SMILES string of the molecule is NC(=O)C1C=CCC1.O=C(O)C(F)(F)F. The van der Waals surface area contributed by atoms with Crippen molar-refractivity contribution < 1.29 is 27.9 Å². The molecule has 0 aliphatic heterocycles. The van der Waals surface area contributed by atoms with Crippen LogP contribution in [0.2, 0.25) is 0 Å². The highest BCUT2D eigenvalue weighted by Crippen LogP contribution is 2.15. The molecule has 0 aromatic heterocycles. The second-order valence-electron chi connectivity index (χ2n) is 2.82. The molecule has 7 heteroatoms. The highest BCUT2D eigenvalue weighted by molar-refractivity contribution is 5.78. The van der Waals surface area contributed by atoms with Gasteiger partial charge in [-0.15, -0.1) is 0 Å². The van der Waals surface area contributed by atoms with Gasteiger partial charge in [0.1, 0.15) is 0 Å². The van der Waals surface area contributed by atoms with Gasteiger partial charge in [0.15, 0.2) is 0 Å². The van der Waals surface area contributed by atoms with Crippen LogP contribution in [-0.4, -0.2) is 23.2 Å². The minimum absolute atomic E-state index is 0.0231. The number of hydrogen-bond donors (Lipinski definition) is 2. The number of halogens is 3. The summed E-state index contributed by atoms with van der Waals surface area (Å²) >= 11 is 0. The minimum Gasteiger partial charge on any atom is -0.475 e. The summed E-state index contributed by atoms with van der Waals surface area (Å²) in [6, 6.07) is 0. The van der Waals surface area contributed by atoms with Gasteiger partial charge in [-0.05, 0) is 12.8 Å². The summed E-state index contributed by atoms with van der Waals surface area (Å²) in [6.07, 6.45) is 0.709. The number of aliphatic carboxylic acids is 1. The van der Waals surface area contributed by atoms with E-state index in [2.05, 4.69) is 0 Å². The Hall–Kier alpha value is -1.53. The second kappa shape index (κ2) is 5.38. The fraction of sp³-hybridized carbons (Fsp3) is 0.500. The predicted octanol–water partition coefficient (Wildman–Crippen LogP) is 1.07. The van der Waals surface area contributed by atoms with Gasteiger partial charge in [-0.2, -0.15) is 13.2 Å². The molecule has 0 aromatic rings. The van der Waals surface area contributed by atoms with Crippen molar-refractivity contribution in [3.63, 3.8) is 0 Å². The fourth-order valence-corrected chi connectivity index (χ4v) is 0.870. The third-order valence-corrected chi connectivity index (χ3v) is 1.62. The Bertz CT molecular complexity index is 273. The van der Waals surface area contributed by atoms with E-state index in [1.807, 2.05) is 12.2 Å². The summed E-state index contributed by atoms with van der Waals surface area (Å²) in [5, 5.41) is 7.12. The van der Waals surface area contributed by atoms with Crippen molar-refractivity contribution in [2.24, 2.45) is 11.7 Å². The van der Waals surface area contributed by atoms with Crippen LogP contribution in [0.5, 0.6) is 0 Å². The summed E-state index contributed by atoms with van der Waals surface area (Å²) in [4.78, 5) is 19.3. The van der Waals surface area contributed by atoms with Crippen molar-refractivity contribution in [3.05, 3.63) is 12.2 Å². The van der Waals surface area contributed by atoms with E-state index >= 15 is 0 Å². The predicted molar refractivity (Wildman–Crippen MR) is 44.7 cm³/mol. The van der Waals surface area contributed by atoms with Crippen molar-refractivity contribution in [1.29, 1.82) is 0 Å². The number of hydrogen-bond acceptors (Lipinski definition) is 2. The molecule has 3 N–H and O–H groups in total. The van der Waals surface area contributed by atoms with E-state index in [1.165, 1.54) is 0 Å². The van der Waals surface area contributed by atoms with Crippen LogP contribution < -0.4 is 5.73 Å². The van der Waals surface area contributed by atoms with Gasteiger partial charge in [0, 0.05) is 0 Å². The van der Waals surface area contributed by atoms with Crippen molar-refractivity contribution in [2.75, 3.05) is 0 Å². The van der Waals surface area contributed by atoms with Gasteiger partial charge in [-0.1, -0.05) is 12.2 Å². The zero-order valence-electron chi connectivity index (χ0n) is 7.62. The van der Waals surface area contributed by atoms with Gasteiger partial charge < -0.3 is 10.8 Å². The zero-order chi connectivity index (χ0) is 12.1. The van der Waals surface area contributed by atoms with Crippen LogP contribution in [-0.2, 0) is 9.59 Å². The van der Waals surface area contributed by atoms with Crippen LogP contribution in [0.3, 0.4) is 0 Å². The summed E-state index contributed by atoms with van der Waals surface area (Å²) in [6.45, 7) is 0. The van der Waals surface area contributed by atoms with Gasteiger partial charge in [-0.25, -0.2) is 4.79 Å². The molecular weight excluding hydrogens is 215 g/mol. The van der Waals surface area contributed by atoms with Gasteiger partial charge in [0.05, 0.1) is 5.92 Å². The van der Waals surface area contributed by atoms with E-state index in [1.54, 1.807) is 0 Å². The lowest BCUT2D eigenvalue weighted by molar-refractivity contribution is -0.192. The molecule has 1 amide bonds. The molecule has 0 fully saturated rings. The molecule has 0 spiro atoms. The minimum atomic E-state index is -5.08. The Morgan fingerprint density at radius 3 is 2.00 bits per heavy atom. The maximum atomic E-state index is 10.6. The van der Waals surface area contributed by atoms with Gasteiger partial charge in [0.2, 0.25) is 5.91 Å². The molecule has 1 aliphatic carbocycles. The molecule has 0 bridgehead atoms. The number of allylic oxidation sites excluding steroid dienone is 1. The first kappa shape index (κ1) is 13.5. The molecule has 0 aromatic carbocycles. The number of amides is 1. The van der Waals surface area contributed by atoms with Crippen molar-refractivity contribution in [3.8, 4) is 0 Å². The number of alkyl halides is 3. The average molecular weight is 225 g/mol. The third-order valence-electron chi connectivity index (χ3n) is 1.62. The summed E-state index contributed by atoms with van der Waals surface area (Å²) < 4.78 is 31.7. The smallest absolute Gasteiger partial charge is 0.475 e. The lowest BCUT2D eigenvalue weighted by Gasteiger charge is -1.97. The maximum Gasteiger partial charge on any atom is 0.490 e. The first-order valence-electron chi connectivity index (χ1n) is 4.01. The second-order valence-corrected chi connectivity index (χ2v) is 2.82. The molecule has 86 valence electrons. The number of carboxylic acid groups (broad SMARTS) is 1. The summed E-state index contributed by atoms with van der Waals surface area (Å²) in [5.74, 6) is -2.93. The van der Waals surface area contributed by atoms with Crippen molar-refractivity contribution in [1.82, 2.24) is 0 Å². The highest BCUT2D eigenvalue weighted by Gasteiger charge is 2.38. The fourth-order valence-electron chi connectivity index (χ4n) is 0.870. The number of carbonyl (C=O) groups is 2. The topological polar surface area (TPSA) is 80.4 Å². The monoisotopic (exact) mass is 225 g/mol. The molecule has 4 nitrogen and oxygen atoms in total. The molecule has 0 heterocycles. The van der Waals surface area contributed by atoms with Crippen LogP contribution in [0.4, 0.5) is 13.2 Å². The Morgan fingerprint density at radius 1 is 1.40 bits per heavy atom. The van der Waals surface area contributed by atoms with E-state index in [-0.39, 0.29) is 11.8 Å². The molecule has 0 saturated heterocycles. The standard InChI is InChI=1S/C6H9NO.C2HF3O2/c7-6(8)5-3-1-2-4-5;3-2(4,5)1(6)7/h1,3,5H,2,4H2,(H2,7,8);(H,6,7). The van der Waals surface area contributed by atoms with Gasteiger partial charge >= 0.3 is 12.1 Å². The highest BCUT2D eigenvalue weighted by atomic mass is 19.4. The number of carboxylic acids is 1. The molecule has 0 saturated carbocycles. The lowest BCUT2D eigenvalue weighted by atomic mass is 10.1. The lowest BCUT2D eigenvalue weighted by Crippen LogP contribution is -2.21. The van der Waals surface area contributed by atoms with Crippen molar-refractivity contribution >= 4 is 11.9 Å².